The lowest BCUT2D eigenvalue weighted by atomic mass is 10.0. The molecule has 2 rings (SSSR count). The van der Waals surface area contributed by atoms with Crippen molar-refractivity contribution in [2.24, 2.45) is 5.73 Å². The van der Waals surface area contributed by atoms with Crippen LogP contribution in [0.3, 0.4) is 0 Å². The summed E-state index contributed by atoms with van der Waals surface area (Å²) >= 11 is 5.86. The molecule has 0 saturated carbocycles. The van der Waals surface area contributed by atoms with Gasteiger partial charge in [-0.05, 0) is 41.8 Å². The van der Waals surface area contributed by atoms with Crippen LogP contribution in [-0.2, 0) is 0 Å². The molecule has 0 heterocycles. The molecule has 0 aliphatic carbocycles. The minimum atomic E-state index is 0.0623. The molecule has 0 bridgehead atoms. The fraction of sp³-hybridized carbons (Fsp3) is 0.143. The van der Waals surface area contributed by atoms with Gasteiger partial charge in [-0.3, -0.25) is 0 Å². The van der Waals surface area contributed by atoms with Crippen LogP contribution in [0.15, 0.2) is 48.5 Å². The van der Waals surface area contributed by atoms with Crippen molar-refractivity contribution in [2.45, 2.75) is 13.0 Å². The summed E-state index contributed by atoms with van der Waals surface area (Å²) in [5.41, 5.74) is 9.34. The van der Waals surface area contributed by atoms with E-state index in [1.165, 1.54) is 5.56 Å². The molecule has 2 N–H and O–H groups in total. The molecule has 1 atom stereocenters. The van der Waals surface area contributed by atoms with Gasteiger partial charge in [0.1, 0.15) is 0 Å². The van der Waals surface area contributed by atoms with E-state index in [2.05, 4.69) is 12.1 Å². The van der Waals surface area contributed by atoms with Crippen LogP contribution in [0.1, 0.15) is 18.5 Å². The monoisotopic (exact) mass is 231 g/mol. The number of hydrogen-bond donors (Lipinski definition) is 1. The van der Waals surface area contributed by atoms with E-state index in [0.29, 0.717) is 0 Å². The standard InChI is InChI=1S/C14H14ClN/c1-10(16)12-3-2-4-13(9-12)11-5-7-14(15)8-6-11/h2-10H,16H2,1H3/t10-/m1/s1. The van der Waals surface area contributed by atoms with Gasteiger partial charge in [0.15, 0.2) is 0 Å². The first-order valence-corrected chi connectivity index (χ1v) is 5.66. The predicted molar refractivity (Wildman–Crippen MR) is 69.5 cm³/mol. The van der Waals surface area contributed by atoms with Crippen molar-refractivity contribution >= 4 is 11.6 Å². The molecule has 0 fully saturated rings. The molecule has 0 spiro atoms. The quantitative estimate of drug-likeness (QED) is 0.830. The maximum absolute atomic E-state index is 5.86. The zero-order valence-electron chi connectivity index (χ0n) is 9.15. The van der Waals surface area contributed by atoms with Crippen molar-refractivity contribution in [1.82, 2.24) is 0 Å². The molecule has 2 aromatic carbocycles. The molecule has 2 aromatic rings. The van der Waals surface area contributed by atoms with Gasteiger partial charge in [0.05, 0.1) is 0 Å². The van der Waals surface area contributed by atoms with Gasteiger partial charge >= 0.3 is 0 Å². The topological polar surface area (TPSA) is 26.0 Å². The van der Waals surface area contributed by atoms with Crippen molar-refractivity contribution in [1.29, 1.82) is 0 Å². The first kappa shape index (κ1) is 11.2. The molecule has 0 aliphatic heterocycles. The van der Waals surface area contributed by atoms with E-state index in [0.717, 1.165) is 16.1 Å². The average molecular weight is 232 g/mol. The Balaban J connectivity index is 2.40. The molecule has 0 aliphatic rings. The van der Waals surface area contributed by atoms with E-state index in [9.17, 15) is 0 Å². The highest BCUT2D eigenvalue weighted by molar-refractivity contribution is 6.30. The Morgan fingerprint density at radius 2 is 1.69 bits per heavy atom. The van der Waals surface area contributed by atoms with Crippen LogP contribution in [0.4, 0.5) is 0 Å². The van der Waals surface area contributed by atoms with Crippen LogP contribution in [0, 0.1) is 0 Å². The Kier molecular flexibility index (Phi) is 3.28. The zero-order valence-corrected chi connectivity index (χ0v) is 9.91. The summed E-state index contributed by atoms with van der Waals surface area (Å²) in [6.45, 7) is 1.99. The summed E-state index contributed by atoms with van der Waals surface area (Å²) in [6.07, 6.45) is 0. The third-order valence-corrected chi connectivity index (χ3v) is 2.84. The van der Waals surface area contributed by atoms with Crippen LogP contribution in [0.2, 0.25) is 5.02 Å². The van der Waals surface area contributed by atoms with E-state index < -0.39 is 0 Å². The molecule has 0 radical (unpaired) electrons. The van der Waals surface area contributed by atoms with Gasteiger partial charge in [-0.25, -0.2) is 0 Å². The summed E-state index contributed by atoms with van der Waals surface area (Å²) in [6, 6.07) is 16.2. The summed E-state index contributed by atoms with van der Waals surface area (Å²) < 4.78 is 0. The molecule has 0 aromatic heterocycles. The maximum Gasteiger partial charge on any atom is 0.0406 e. The first-order chi connectivity index (χ1) is 7.66. The number of hydrogen-bond acceptors (Lipinski definition) is 1. The SMILES string of the molecule is C[C@@H](N)c1cccc(-c2ccc(Cl)cc2)c1. The highest BCUT2D eigenvalue weighted by Crippen LogP contribution is 2.23. The second-order valence-electron chi connectivity index (χ2n) is 3.92. The van der Waals surface area contributed by atoms with Gasteiger partial charge in [0, 0.05) is 11.1 Å². The van der Waals surface area contributed by atoms with Crippen LogP contribution >= 0.6 is 11.6 Å². The van der Waals surface area contributed by atoms with E-state index >= 15 is 0 Å². The van der Waals surface area contributed by atoms with E-state index in [-0.39, 0.29) is 6.04 Å². The molecule has 0 saturated heterocycles. The second kappa shape index (κ2) is 4.69. The molecular formula is C14H14ClN. The second-order valence-corrected chi connectivity index (χ2v) is 4.36. The van der Waals surface area contributed by atoms with Crippen molar-refractivity contribution in [3.05, 3.63) is 59.1 Å². The summed E-state index contributed by atoms with van der Waals surface area (Å²) in [5.74, 6) is 0. The Morgan fingerprint density at radius 1 is 1.00 bits per heavy atom. The minimum Gasteiger partial charge on any atom is -0.324 e. The predicted octanol–water partition coefficient (Wildman–Crippen LogP) is 4.03. The average Bonchev–Trinajstić information content (AvgIpc) is 2.30. The number of halogens is 1. The van der Waals surface area contributed by atoms with Crippen molar-refractivity contribution < 1.29 is 0 Å². The van der Waals surface area contributed by atoms with Gasteiger partial charge < -0.3 is 5.73 Å². The van der Waals surface area contributed by atoms with Crippen LogP contribution in [0.5, 0.6) is 0 Å². The lowest BCUT2D eigenvalue weighted by Crippen LogP contribution is -2.04. The summed E-state index contributed by atoms with van der Waals surface area (Å²) in [4.78, 5) is 0. The number of benzene rings is 2. The number of rotatable bonds is 2. The first-order valence-electron chi connectivity index (χ1n) is 5.28. The van der Waals surface area contributed by atoms with Gasteiger partial charge in [0.2, 0.25) is 0 Å². The summed E-state index contributed by atoms with van der Waals surface area (Å²) in [7, 11) is 0. The van der Waals surface area contributed by atoms with Crippen molar-refractivity contribution in [3.8, 4) is 11.1 Å². The third-order valence-electron chi connectivity index (χ3n) is 2.59. The minimum absolute atomic E-state index is 0.0623. The molecular weight excluding hydrogens is 218 g/mol. The smallest absolute Gasteiger partial charge is 0.0406 e. The lowest BCUT2D eigenvalue weighted by molar-refractivity contribution is 0.819. The lowest BCUT2D eigenvalue weighted by Gasteiger charge is -2.08. The van der Waals surface area contributed by atoms with Crippen LogP contribution < -0.4 is 5.73 Å². The molecule has 16 heavy (non-hydrogen) atoms. The molecule has 2 heteroatoms. The van der Waals surface area contributed by atoms with Crippen molar-refractivity contribution in [2.75, 3.05) is 0 Å². The Hall–Kier alpha value is -1.31. The van der Waals surface area contributed by atoms with E-state index in [4.69, 9.17) is 17.3 Å². The highest BCUT2D eigenvalue weighted by Gasteiger charge is 2.02. The summed E-state index contributed by atoms with van der Waals surface area (Å²) in [5, 5.41) is 0.757. The normalized spacial score (nSPS) is 12.4. The van der Waals surface area contributed by atoms with Crippen molar-refractivity contribution in [3.63, 3.8) is 0 Å². The largest absolute Gasteiger partial charge is 0.324 e. The Morgan fingerprint density at radius 3 is 2.31 bits per heavy atom. The number of nitrogens with two attached hydrogens (primary N) is 1. The molecule has 1 nitrogen and oxygen atoms in total. The van der Waals surface area contributed by atoms with Crippen LogP contribution in [-0.4, -0.2) is 0 Å². The van der Waals surface area contributed by atoms with E-state index in [1.807, 2.05) is 43.3 Å². The molecule has 0 amide bonds. The van der Waals surface area contributed by atoms with Gasteiger partial charge in [-0.1, -0.05) is 41.9 Å². The fourth-order valence-electron chi connectivity index (χ4n) is 1.64. The Bertz CT molecular complexity index is 474. The molecule has 82 valence electrons. The van der Waals surface area contributed by atoms with Crippen LogP contribution in [0.25, 0.3) is 11.1 Å². The van der Waals surface area contributed by atoms with Gasteiger partial charge in [-0.15, -0.1) is 0 Å². The Labute approximate surface area is 101 Å². The van der Waals surface area contributed by atoms with Gasteiger partial charge in [-0.2, -0.15) is 0 Å². The highest BCUT2D eigenvalue weighted by atomic mass is 35.5. The van der Waals surface area contributed by atoms with E-state index in [1.54, 1.807) is 0 Å². The molecule has 0 unspecified atom stereocenters. The zero-order chi connectivity index (χ0) is 11.5. The fourth-order valence-corrected chi connectivity index (χ4v) is 1.77. The third kappa shape index (κ3) is 2.43. The van der Waals surface area contributed by atoms with Gasteiger partial charge in [0.25, 0.3) is 0 Å². The maximum atomic E-state index is 5.86.